The second kappa shape index (κ2) is 6.27. The number of hydrogen-bond donors (Lipinski definition) is 2. The number of nitrogens with one attached hydrogen (secondary N) is 2. The second-order valence-electron chi connectivity index (χ2n) is 6.18. The normalized spacial score (nSPS) is 18.8. The number of rotatable bonds is 5. The van der Waals surface area contributed by atoms with Crippen molar-refractivity contribution < 1.29 is 4.79 Å². The molecule has 2 rings (SSSR count). The van der Waals surface area contributed by atoms with E-state index in [1.54, 1.807) is 0 Å². The third kappa shape index (κ3) is 3.51. The first kappa shape index (κ1) is 14.9. The molecule has 1 heterocycles. The number of likely N-dealkylation sites (N-methyl/N-ethyl adjacent to an activating group) is 1. The van der Waals surface area contributed by atoms with Gasteiger partial charge in [-0.25, -0.2) is 0 Å². The maximum absolute atomic E-state index is 12.4. The first-order valence-corrected chi connectivity index (χ1v) is 7.27. The summed E-state index contributed by atoms with van der Waals surface area (Å²) in [5.74, 6) is 0.520. The molecule has 110 valence electrons. The quantitative estimate of drug-likeness (QED) is 0.860. The van der Waals surface area contributed by atoms with Gasteiger partial charge >= 0.3 is 0 Å². The van der Waals surface area contributed by atoms with Crippen molar-refractivity contribution in [3.05, 3.63) is 29.8 Å². The lowest BCUT2D eigenvalue weighted by molar-refractivity contribution is -0.122. The summed E-state index contributed by atoms with van der Waals surface area (Å²) in [6, 6.07) is 8.16. The minimum atomic E-state index is -0.143. The molecule has 2 atom stereocenters. The largest absolute Gasteiger partial charge is 0.373 e. The van der Waals surface area contributed by atoms with Crippen molar-refractivity contribution in [3.63, 3.8) is 0 Å². The smallest absolute Gasteiger partial charge is 0.243 e. The summed E-state index contributed by atoms with van der Waals surface area (Å²) in [5.41, 5.74) is 2.31. The summed E-state index contributed by atoms with van der Waals surface area (Å²) in [6.45, 7) is 5.15. The van der Waals surface area contributed by atoms with Gasteiger partial charge in [0.15, 0.2) is 0 Å². The van der Waals surface area contributed by atoms with E-state index >= 15 is 0 Å². The van der Waals surface area contributed by atoms with E-state index < -0.39 is 0 Å². The Labute approximate surface area is 121 Å². The SMILES string of the molecule is CC(C)C(CN(C)C)NC(=O)[C@@H]1Cc2ccccc2N1. The first-order chi connectivity index (χ1) is 9.47. The number of para-hydroxylation sites is 1. The highest BCUT2D eigenvalue weighted by Crippen LogP contribution is 2.25. The van der Waals surface area contributed by atoms with Crippen LogP contribution in [0.3, 0.4) is 0 Å². The molecule has 0 saturated heterocycles. The van der Waals surface area contributed by atoms with Gasteiger partial charge in [-0.15, -0.1) is 0 Å². The van der Waals surface area contributed by atoms with Gasteiger partial charge in [0.1, 0.15) is 6.04 Å². The minimum Gasteiger partial charge on any atom is -0.373 e. The summed E-state index contributed by atoms with van der Waals surface area (Å²) in [5, 5.41) is 6.49. The molecule has 4 heteroatoms. The van der Waals surface area contributed by atoms with E-state index in [2.05, 4.69) is 35.4 Å². The van der Waals surface area contributed by atoms with E-state index in [9.17, 15) is 4.79 Å². The van der Waals surface area contributed by atoms with E-state index in [-0.39, 0.29) is 18.0 Å². The summed E-state index contributed by atoms with van der Waals surface area (Å²) in [7, 11) is 4.07. The van der Waals surface area contributed by atoms with Crippen LogP contribution in [0.25, 0.3) is 0 Å². The Bertz CT molecular complexity index is 446. The second-order valence-corrected chi connectivity index (χ2v) is 6.18. The van der Waals surface area contributed by atoms with E-state index in [1.165, 1.54) is 5.56 Å². The number of fused-ring (bicyclic) bond motifs is 1. The maximum atomic E-state index is 12.4. The highest BCUT2D eigenvalue weighted by Gasteiger charge is 2.28. The third-order valence-electron chi connectivity index (χ3n) is 3.78. The van der Waals surface area contributed by atoms with Crippen molar-refractivity contribution in [3.8, 4) is 0 Å². The number of anilines is 1. The van der Waals surface area contributed by atoms with Gasteiger partial charge in [0.25, 0.3) is 0 Å². The Morgan fingerprint density at radius 1 is 1.40 bits per heavy atom. The fourth-order valence-corrected chi connectivity index (χ4v) is 2.56. The van der Waals surface area contributed by atoms with Crippen LogP contribution >= 0.6 is 0 Å². The summed E-state index contributed by atoms with van der Waals surface area (Å²) in [6.07, 6.45) is 0.773. The topological polar surface area (TPSA) is 44.4 Å². The summed E-state index contributed by atoms with van der Waals surface area (Å²) in [4.78, 5) is 14.5. The van der Waals surface area contributed by atoms with Crippen molar-refractivity contribution in [2.24, 2.45) is 5.92 Å². The number of carbonyl (C=O) groups is 1. The van der Waals surface area contributed by atoms with E-state index in [4.69, 9.17) is 0 Å². The predicted molar refractivity (Wildman–Crippen MR) is 82.9 cm³/mol. The molecule has 0 radical (unpaired) electrons. The van der Waals surface area contributed by atoms with Crippen LogP contribution in [0, 0.1) is 5.92 Å². The van der Waals surface area contributed by atoms with Crippen LogP contribution in [0.15, 0.2) is 24.3 Å². The lowest BCUT2D eigenvalue weighted by Crippen LogP contribution is -2.49. The maximum Gasteiger partial charge on any atom is 0.243 e. The fourth-order valence-electron chi connectivity index (χ4n) is 2.56. The first-order valence-electron chi connectivity index (χ1n) is 7.27. The molecule has 1 amide bonds. The van der Waals surface area contributed by atoms with Gasteiger partial charge in [-0.2, -0.15) is 0 Å². The lowest BCUT2D eigenvalue weighted by atomic mass is 10.0. The fraction of sp³-hybridized carbons (Fsp3) is 0.562. The molecular weight excluding hydrogens is 250 g/mol. The van der Waals surface area contributed by atoms with Gasteiger partial charge in [0, 0.05) is 24.7 Å². The molecule has 0 bridgehead atoms. The van der Waals surface area contributed by atoms with Crippen LogP contribution in [0.1, 0.15) is 19.4 Å². The number of benzene rings is 1. The molecular formula is C16H25N3O. The van der Waals surface area contributed by atoms with E-state index in [0.29, 0.717) is 5.92 Å². The molecule has 0 saturated carbocycles. The van der Waals surface area contributed by atoms with Crippen molar-refractivity contribution in [1.82, 2.24) is 10.2 Å². The molecule has 0 aromatic heterocycles. The van der Waals surface area contributed by atoms with Crippen molar-refractivity contribution in [2.45, 2.75) is 32.4 Å². The molecule has 1 aromatic carbocycles. The predicted octanol–water partition coefficient (Wildman–Crippen LogP) is 1.73. The average Bonchev–Trinajstić information content (AvgIpc) is 2.81. The van der Waals surface area contributed by atoms with Gasteiger partial charge in [0.2, 0.25) is 5.91 Å². The molecule has 1 aliphatic heterocycles. The molecule has 0 spiro atoms. The van der Waals surface area contributed by atoms with Crippen LogP contribution in [0.5, 0.6) is 0 Å². The number of nitrogens with zero attached hydrogens (tertiary/aromatic N) is 1. The molecule has 20 heavy (non-hydrogen) atoms. The Hall–Kier alpha value is -1.55. The monoisotopic (exact) mass is 275 g/mol. The van der Waals surface area contributed by atoms with E-state index in [0.717, 1.165) is 18.7 Å². The van der Waals surface area contributed by atoms with Crippen LogP contribution < -0.4 is 10.6 Å². The summed E-state index contributed by atoms with van der Waals surface area (Å²) < 4.78 is 0. The highest BCUT2D eigenvalue weighted by molar-refractivity contribution is 5.87. The Morgan fingerprint density at radius 3 is 2.70 bits per heavy atom. The van der Waals surface area contributed by atoms with E-state index in [1.807, 2.05) is 32.3 Å². The van der Waals surface area contributed by atoms with Gasteiger partial charge in [0.05, 0.1) is 0 Å². The van der Waals surface area contributed by atoms with Gasteiger partial charge in [-0.3, -0.25) is 4.79 Å². The van der Waals surface area contributed by atoms with Crippen molar-refractivity contribution in [1.29, 1.82) is 0 Å². The zero-order valence-electron chi connectivity index (χ0n) is 12.8. The summed E-state index contributed by atoms with van der Waals surface area (Å²) >= 11 is 0. The zero-order chi connectivity index (χ0) is 14.7. The third-order valence-corrected chi connectivity index (χ3v) is 3.78. The molecule has 0 fully saturated rings. The van der Waals surface area contributed by atoms with Gasteiger partial charge in [-0.1, -0.05) is 32.0 Å². The number of carbonyl (C=O) groups excluding carboxylic acids is 1. The molecule has 1 aliphatic rings. The van der Waals surface area contributed by atoms with Crippen molar-refractivity contribution in [2.75, 3.05) is 26.0 Å². The lowest BCUT2D eigenvalue weighted by Gasteiger charge is -2.27. The van der Waals surface area contributed by atoms with Crippen molar-refractivity contribution >= 4 is 11.6 Å². The minimum absolute atomic E-state index is 0.0988. The Kier molecular flexibility index (Phi) is 4.65. The molecule has 1 unspecified atom stereocenters. The molecule has 0 aliphatic carbocycles. The molecule has 2 N–H and O–H groups in total. The van der Waals surface area contributed by atoms with Crippen LogP contribution in [-0.4, -0.2) is 43.5 Å². The highest BCUT2D eigenvalue weighted by atomic mass is 16.2. The Morgan fingerprint density at radius 2 is 2.10 bits per heavy atom. The molecule has 4 nitrogen and oxygen atoms in total. The van der Waals surface area contributed by atoms with Crippen LogP contribution in [-0.2, 0) is 11.2 Å². The Balaban J connectivity index is 1.96. The zero-order valence-corrected chi connectivity index (χ0v) is 12.8. The molecule has 1 aromatic rings. The van der Waals surface area contributed by atoms with Gasteiger partial charge < -0.3 is 15.5 Å². The number of amides is 1. The van der Waals surface area contributed by atoms with Crippen LogP contribution in [0.2, 0.25) is 0 Å². The van der Waals surface area contributed by atoms with Crippen LogP contribution in [0.4, 0.5) is 5.69 Å². The number of hydrogen-bond acceptors (Lipinski definition) is 3. The van der Waals surface area contributed by atoms with Gasteiger partial charge in [-0.05, 0) is 31.6 Å². The average molecular weight is 275 g/mol. The standard InChI is InChI=1S/C16H25N3O/c1-11(2)15(10-19(3)4)18-16(20)14-9-12-7-5-6-8-13(12)17-14/h5-8,11,14-15,17H,9-10H2,1-4H3,(H,18,20)/t14-,15?/m0/s1.